The van der Waals surface area contributed by atoms with Crippen molar-refractivity contribution in [2.24, 2.45) is 5.92 Å². The van der Waals surface area contributed by atoms with Crippen molar-refractivity contribution in [1.29, 1.82) is 0 Å². The van der Waals surface area contributed by atoms with Gasteiger partial charge in [0.1, 0.15) is 0 Å². The summed E-state index contributed by atoms with van der Waals surface area (Å²) < 4.78 is 0. The Kier molecular flexibility index (Phi) is 4.52. The smallest absolute Gasteiger partial charge is 0.0308 e. The second-order valence-electron chi connectivity index (χ2n) is 7.00. The Bertz CT molecular complexity index is 714. The summed E-state index contributed by atoms with van der Waals surface area (Å²) in [5, 5.41) is 0. The van der Waals surface area contributed by atoms with E-state index in [1.807, 2.05) is 0 Å². The molecule has 0 aromatic heterocycles. The maximum absolute atomic E-state index is 2.34. The predicted molar refractivity (Wildman–Crippen MR) is 99.8 cm³/mol. The largest absolute Gasteiger partial charge is 0.0801 e. The summed E-state index contributed by atoms with van der Waals surface area (Å²) in [4.78, 5) is 0. The van der Waals surface area contributed by atoms with Crippen LogP contribution in [-0.4, -0.2) is 0 Å². The highest BCUT2D eigenvalue weighted by Gasteiger charge is 2.24. The van der Waals surface area contributed by atoms with Crippen molar-refractivity contribution in [3.05, 3.63) is 94.1 Å². The summed E-state index contributed by atoms with van der Waals surface area (Å²) in [6.07, 6.45) is 5.72. The van der Waals surface area contributed by atoms with Crippen molar-refractivity contribution < 1.29 is 0 Å². The van der Waals surface area contributed by atoms with E-state index in [0.29, 0.717) is 11.8 Å². The van der Waals surface area contributed by atoms with Crippen LogP contribution >= 0.6 is 0 Å². The molecule has 0 atom stereocenters. The van der Waals surface area contributed by atoms with E-state index in [1.165, 1.54) is 27.8 Å². The molecule has 0 fully saturated rings. The zero-order chi connectivity index (χ0) is 16.4. The van der Waals surface area contributed by atoms with Crippen LogP contribution in [0.3, 0.4) is 0 Å². The van der Waals surface area contributed by atoms with Crippen LogP contribution in [0.15, 0.2) is 71.8 Å². The summed E-state index contributed by atoms with van der Waals surface area (Å²) >= 11 is 0. The molecule has 0 saturated heterocycles. The number of hydrogen-bond donors (Lipinski definition) is 0. The summed E-state index contributed by atoms with van der Waals surface area (Å²) in [5.41, 5.74) is 8.56. The highest BCUT2D eigenvalue weighted by atomic mass is 14.3. The molecule has 0 amide bonds. The van der Waals surface area contributed by atoms with Gasteiger partial charge in [0, 0.05) is 5.92 Å². The standard InChI is InChI=1S/C23H26/c1-16(2)21-12-7-13-22(21)23(19-10-5-8-17(3)14-19)20-11-6-9-18(4)15-20/h5-12,14-16,23H,13H2,1-4H3. The lowest BCUT2D eigenvalue weighted by molar-refractivity contribution is 0.762. The molecule has 1 aliphatic carbocycles. The van der Waals surface area contributed by atoms with E-state index < -0.39 is 0 Å². The molecule has 1 aliphatic rings. The molecule has 0 nitrogen and oxygen atoms in total. The maximum Gasteiger partial charge on any atom is 0.0308 e. The fraction of sp³-hybridized carbons (Fsp3) is 0.304. The van der Waals surface area contributed by atoms with E-state index in [9.17, 15) is 0 Å². The lowest BCUT2D eigenvalue weighted by Gasteiger charge is -2.24. The van der Waals surface area contributed by atoms with E-state index in [0.717, 1.165) is 6.42 Å². The lowest BCUT2D eigenvalue weighted by Crippen LogP contribution is -2.08. The summed E-state index contributed by atoms with van der Waals surface area (Å²) in [7, 11) is 0. The van der Waals surface area contributed by atoms with Crippen molar-refractivity contribution in [2.45, 2.75) is 40.0 Å². The molecule has 0 heterocycles. The molecule has 0 unspecified atom stereocenters. The van der Waals surface area contributed by atoms with Crippen LogP contribution in [0.1, 0.15) is 48.4 Å². The third-order valence-electron chi connectivity index (χ3n) is 4.73. The Balaban J connectivity index is 2.17. The third-order valence-corrected chi connectivity index (χ3v) is 4.73. The molecule has 2 aromatic carbocycles. The van der Waals surface area contributed by atoms with E-state index in [4.69, 9.17) is 0 Å². The first kappa shape index (κ1) is 15.8. The number of aryl methyl sites for hydroxylation is 2. The van der Waals surface area contributed by atoms with Gasteiger partial charge in [0.2, 0.25) is 0 Å². The molecule has 0 N–H and O–H groups in total. The first-order valence-corrected chi connectivity index (χ1v) is 8.59. The number of rotatable bonds is 4. The average molecular weight is 302 g/mol. The van der Waals surface area contributed by atoms with Crippen molar-refractivity contribution in [2.75, 3.05) is 0 Å². The molecule has 2 aromatic rings. The molecule has 0 radical (unpaired) electrons. The lowest BCUT2D eigenvalue weighted by atomic mass is 9.80. The van der Waals surface area contributed by atoms with Gasteiger partial charge in [0.05, 0.1) is 0 Å². The van der Waals surface area contributed by atoms with Gasteiger partial charge in [-0.15, -0.1) is 0 Å². The van der Waals surface area contributed by atoms with Crippen molar-refractivity contribution in [1.82, 2.24) is 0 Å². The minimum atomic E-state index is 0.363. The third kappa shape index (κ3) is 3.32. The topological polar surface area (TPSA) is 0 Å². The second-order valence-corrected chi connectivity index (χ2v) is 7.00. The van der Waals surface area contributed by atoms with Crippen LogP contribution in [0.2, 0.25) is 0 Å². The van der Waals surface area contributed by atoms with Crippen LogP contribution in [0.25, 0.3) is 0 Å². The summed E-state index contributed by atoms with van der Waals surface area (Å²) in [5.74, 6) is 0.933. The quantitative estimate of drug-likeness (QED) is 0.617. The molecule has 118 valence electrons. The van der Waals surface area contributed by atoms with Gasteiger partial charge in [-0.05, 0) is 42.9 Å². The van der Waals surface area contributed by atoms with Crippen molar-refractivity contribution >= 4 is 0 Å². The zero-order valence-corrected chi connectivity index (χ0v) is 14.6. The van der Waals surface area contributed by atoms with Gasteiger partial charge < -0.3 is 0 Å². The number of allylic oxidation sites excluding steroid dienone is 4. The van der Waals surface area contributed by atoms with Gasteiger partial charge in [-0.3, -0.25) is 0 Å². The molecule has 0 bridgehead atoms. The van der Waals surface area contributed by atoms with E-state index >= 15 is 0 Å². The first-order chi connectivity index (χ1) is 11.1. The highest BCUT2D eigenvalue weighted by molar-refractivity contribution is 5.49. The van der Waals surface area contributed by atoms with Gasteiger partial charge in [-0.2, -0.15) is 0 Å². The van der Waals surface area contributed by atoms with E-state index in [-0.39, 0.29) is 0 Å². The van der Waals surface area contributed by atoms with Crippen LogP contribution in [0.5, 0.6) is 0 Å². The van der Waals surface area contributed by atoms with E-state index in [2.05, 4.69) is 88.4 Å². The molecular weight excluding hydrogens is 276 g/mol. The Morgan fingerprint density at radius 2 is 1.39 bits per heavy atom. The average Bonchev–Trinajstić information content (AvgIpc) is 2.97. The van der Waals surface area contributed by atoms with Gasteiger partial charge >= 0.3 is 0 Å². The normalized spacial score (nSPS) is 14.3. The SMILES string of the molecule is Cc1cccc(C(C2=C(C(C)C)C=CC2)c2cccc(C)c2)c1. The Hall–Kier alpha value is -2.08. The monoisotopic (exact) mass is 302 g/mol. The minimum absolute atomic E-state index is 0.363. The van der Waals surface area contributed by atoms with Crippen LogP contribution < -0.4 is 0 Å². The van der Waals surface area contributed by atoms with Gasteiger partial charge in [-0.1, -0.05) is 91.2 Å². The van der Waals surface area contributed by atoms with Crippen LogP contribution in [0.4, 0.5) is 0 Å². The molecule has 0 saturated carbocycles. The second kappa shape index (κ2) is 6.58. The Labute approximate surface area is 140 Å². The molecule has 0 heteroatoms. The predicted octanol–water partition coefficient (Wildman–Crippen LogP) is 6.35. The van der Waals surface area contributed by atoms with Crippen molar-refractivity contribution in [3.63, 3.8) is 0 Å². The fourth-order valence-corrected chi connectivity index (χ4v) is 3.68. The zero-order valence-electron chi connectivity index (χ0n) is 14.6. The number of benzene rings is 2. The molecule has 3 rings (SSSR count). The van der Waals surface area contributed by atoms with Crippen LogP contribution in [0, 0.1) is 19.8 Å². The minimum Gasteiger partial charge on any atom is -0.0801 e. The van der Waals surface area contributed by atoms with Gasteiger partial charge in [0.25, 0.3) is 0 Å². The van der Waals surface area contributed by atoms with E-state index in [1.54, 1.807) is 5.57 Å². The number of hydrogen-bond acceptors (Lipinski definition) is 0. The van der Waals surface area contributed by atoms with Gasteiger partial charge in [0.15, 0.2) is 0 Å². The van der Waals surface area contributed by atoms with Crippen LogP contribution in [-0.2, 0) is 0 Å². The molecule has 0 spiro atoms. The molecule has 23 heavy (non-hydrogen) atoms. The van der Waals surface area contributed by atoms with Crippen molar-refractivity contribution in [3.8, 4) is 0 Å². The first-order valence-electron chi connectivity index (χ1n) is 8.59. The summed E-state index contributed by atoms with van der Waals surface area (Å²) in [6.45, 7) is 8.96. The summed E-state index contributed by atoms with van der Waals surface area (Å²) in [6, 6.07) is 18.0. The molecular formula is C23H26. The molecule has 0 aliphatic heterocycles. The Morgan fingerprint density at radius 1 is 0.826 bits per heavy atom. The maximum atomic E-state index is 2.34. The highest BCUT2D eigenvalue weighted by Crippen LogP contribution is 2.40. The fourth-order valence-electron chi connectivity index (χ4n) is 3.68. The van der Waals surface area contributed by atoms with Gasteiger partial charge in [-0.25, -0.2) is 0 Å². The Morgan fingerprint density at radius 3 is 1.87 bits per heavy atom.